The van der Waals surface area contributed by atoms with Crippen molar-refractivity contribution in [2.75, 3.05) is 13.7 Å². The molecule has 0 rings (SSSR count). The highest BCUT2D eigenvalue weighted by Gasteiger charge is 2.13. The van der Waals surface area contributed by atoms with E-state index in [2.05, 4.69) is 18.2 Å². The van der Waals surface area contributed by atoms with Gasteiger partial charge in [-0.3, -0.25) is 0 Å². The van der Waals surface area contributed by atoms with Crippen LogP contribution in [0.15, 0.2) is 0 Å². The van der Waals surface area contributed by atoms with Crippen LogP contribution in [0.4, 0.5) is 0 Å². The average Bonchev–Trinajstić information content (AvgIpc) is 2.11. The maximum atomic E-state index is 5.25. The molecule has 0 aliphatic rings. The van der Waals surface area contributed by atoms with Gasteiger partial charge in [0, 0.05) is 19.6 Å². The molecule has 2 heteroatoms. The number of hydrogen-bond donors (Lipinski definition) is 1. The fourth-order valence-electron chi connectivity index (χ4n) is 1.03. The van der Waals surface area contributed by atoms with Crippen molar-refractivity contribution in [1.29, 1.82) is 0 Å². The van der Waals surface area contributed by atoms with Gasteiger partial charge in [0.1, 0.15) is 0 Å². The smallest absolute Gasteiger partial charge is 0.0705 e. The van der Waals surface area contributed by atoms with Gasteiger partial charge in [0.2, 0.25) is 0 Å². The molecule has 0 radical (unpaired) electrons. The Labute approximate surface area is 75.7 Å². The van der Waals surface area contributed by atoms with E-state index in [-0.39, 0.29) is 6.10 Å². The second-order valence-corrected chi connectivity index (χ2v) is 2.91. The van der Waals surface area contributed by atoms with Crippen molar-refractivity contribution >= 4 is 0 Å². The molecule has 0 spiro atoms. The Morgan fingerprint density at radius 3 is 2.67 bits per heavy atom. The van der Waals surface area contributed by atoms with Crippen molar-refractivity contribution in [2.24, 2.45) is 0 Å². The molecule has 0 bridgehead atoms. The van der Waals surface area contributed by atoms with Crippen LogP contribution in [0.3, 0.4) is 0 Å². The van der Waals surface area contributed by atoms with Gasteiger partial charge in [0.05, 0.1) is 6.10 Å². The summed E-state index contributed by atoms with van der Waals surface area (Å²) in [6.45, 7) is 5.17. The highest BCUT2D eigenvalue weighted by atomic mass is 16.5. The van der Waals surface area contributed by atoms with Crippen molar-refractivity contribution in [2.45, 2.75) is 38.8 Å². The molecule has 0 aliphatic heterocycles. The molecule has 0 aromatic carbocycles. The lowest BCUT2D eigenvalue weighted by molar-refractivity contribution is 0.0846. The molecule has 2 nitrogen and oxygen atoms in total. The first-order chi connectivity index (χ1) is 5.76. The lowest BCUT2D eigenvalue weighted by atomic mass is 10.1. The molecule has 0 aliphatic carbocycles. The average molecular weight is 169 g/mol. The Balaban J connectivity index is 3.78. The molecule has 12 heavy (non-hydrogen) atoms. The summed E-state index contributed by atoms with van der Waals surface area (Å²) in [5.41, 5.74) is 0. The molecule has 0 saturated carbocycles. The largest absolute Gasteiger partial charge is 0.380 e. The van der Waals surface area contributed by atoms with Crippen molar-refractivity contribution in [3.63, 3.8) is 0 Å². The molecule has 0 saturated heterocycles. The summed E-state index contributed by atoms with van der Waals surface area (Å²) in [5, 5.41) is 3.35. The summed E-state index contributed by atoms with van der Waals surface area (Å²) in [7, 11) is 1.71. The predicted molar refractivity (Wildman–Crippen MR) is 52.0 cm³/mol. The Hall–Kier alpha value is -0.520. The zero-order chi connectivity index (χ0) is 9.40. The first-order valence-corrected chi connectivity index (χ1v) is 4.45. The van der Waals surface area contributed by atoms with Crippen molar-refractivity contribution in [3.8, 4) is 12.3 Å². The van der Waals surface area contributed by atoms with Crippen molar-refractivity contribution in [1.82, 2.24) is 5.32 Å². The molecular formula is C10H19NO. The zero-order valence-corrected chi connectivity index (χ0v) is 8.26. The topological polar surface area (TPSA) is 21.3 Å². The third-order valence-corrected chi connectivity index (χ3v) is 1.93. The van der Waals surface area contributed by atoms with Gasteiger partial charge in [-0.2, -0.15) is 0 Å². The molecule has 0 fully saturated rings. The van der Waals surface area contributed by atoms with Crippen molar-refractivity contribution in [3.05, 3.63) is 0 Å². The predicted octanol–water partition coefficient (Wildman–Crippen LogP) is 1.41. The number of rotatable bonds is 6. The lowest BCUT2D eigenvalue weighted by Crippen LogP contribution is -2.39. The highest BCUT2D eigenvalue weighted by molar-refractivity contribution is 4.92. The molecule has 70 valence electrons. The minimum absolute atomic E-state index is 0.188. The maximum Gasteiger partial charge on any atom is 0.0705 e. The molecule has 0 aromatic heterocycles. The van der Waals surface area contributed by atoms with Crippen LogP contribution in [0.5, 0.6) is 0 Å². The first-order valence-electron chi connectivity index (χ1n) is 4.45. The van der Waals surface area contributed by atoms with Crippen LogP contribution in [0.1, 0.15) is 26.7 Å². The number of nitrogens with one attached hydrogen (secondary N) is 1. The summed E-state index contributed by atoms with van der Waals surface area (Å²) in [5.74, 6) is 2.65. The monoisotopic (exact) mass is 169 g/mol. The molecule has 2 atom stereocenters. The lowest BCUT2D eigenvalue weighted by Gasteiger charge is -2.21. The molecule has 0 aromatic rings. The zero-order valence-electron chi connectivity index (χ0n) is 8.26. The molecular weight excluding hydrogens is 150 g/mol. The van der Waals surface area contributed by atoms with Gasteiger partial charge in [-0.1, -0.05) is 6.92 Å². The highest BCUT2D eigenvalue weighted by Crippen LogP contribution is 2.01. The Kier molecular flexibility index (Phi) is 6.84. The van der Waals surface area contributed by atoms with Crippen LogP contribution in [-0.2, 0) is 4.74 Å². The summed E-state index contributed by atoms with van der Waals surface area (Å²) >= 11 is 0. The van der Waals surface area contributed by atoms with E-state index in [0.29, 0.717) is 6.04 Å². The van der Waals surface area contributed by atoms with E-state index in [4.69, 9.17) is 11.2 Å². The van der Waals surface area contributed by atoms with Crippen LogP contribution >= 0.6 is 0 Å². The quantitative estimate of drug-likeness (QED) is 0.607. The third-order valence-electron chi connectivity index (χ3n) is 1.93. The molecule has 0 amide bonds. The fraction of sp³-hybridized carbons (Fsp3) is 0.800. The van der Waals surface area contributed by atoms with E-state index in [9.17, 15) is 0 Å². The number of methoxy groups -OCH3 is 1. The van der Waals surface area contributed by atoms with Crippen molar-refractivity contribution < 1.29 is 4.74 Å². The second-order valence-electron chi connectivity index (χ2n) is 2.91. The Morgan fingerprint density at radius 1 is 1.58 bits per heavy atom. The summed E-state index contributed by atoms with van der Waals surface area (Å²) in [6, 6.07) is 0.292. The standard InChI is InChI=1S/C10H19NO/c1-5-7-10(9(3)12-4)11-8-6-2/h1,9-11H,6-8H2,2-4H3. The Bertz CT molecular complexity index is 139. The van der Waals surface area contributed by atoms with E-state index in [1.165, 1.54) is 0 Å². The maximum absolute atomic E-state index is 5.25. The van der Waals surface area contributed by atoms with Gasteiger partial charge >= 0.3 is 0 Å². The van der Waals surface area contributed by atoms with Gasteiger partial charge < -0.3 is 10.1 Å². The molecule has 2 unspecified atom stereocenters. The molecule has 0 heterocycles. The van der Waals surface area contributed by atoms with E-state index >= 15 is 0 Å². The van der Waals surface area contributed by atoms with Gasteiger partial charge in [-0.25, -0.2) is 0 Å². The van der Waals surface area contributed by atoms with Crippen LogP contribution in [-0.4, -0.2) is 25.8 Å². The summed E-state index contributed by atoms with van der Waals surface area (Å²) < 4.78 is 5.20. The van der Waals surface area contributed by atoms with Gasteiger partial charge in [-0.05, 0) is 19.9 Å². The summed E-state index contributed by atoms with van der Waals surface area (Å²) in [6.07, 6.45) is 7.29. The van der Waals surface area contributed by atoms with Gasteiger partial charge in [0.25, 0.3) is 0 Å². The first kappa shape index (κ1) is 11.5. The van der Waals surface area contributed by atoms with E-state index < -0.39 is 0 Å². The number of terminal acetylenes is 1. The molecule has 1 N–H and O–H groups in total. The minimum atomic E-state index is 0.188. The Morgan fingerprint density at radius 2 is 2.25 bits per heavy atom. The normalized spacial score (nSPS) is 15.2. The second kappa shape index (κ2) is 7.15. The SMILES string of the molecule is C#CCC(NCCC)C(C)OC. The van der Waals surface area contributed by atoms with Crippen LogP contribution in [0.2, 0.25) is 0 Å². The fourth-order valence-corrected chi connectivity index (χ4v) is 1.03. The van der Waals surface area contributed by atoms with E-state index in [1.54, 1.807) is 7.11 Å². The third kappa shape index (κ3) is 4.38. The summed E-state index contributed by atoms with van der Waals surface area (Å²) in [4.78, 5) is 0. The van der Waals surface area contributed by atoms with E-state index in [0.717, 1.165) is 19.4 Å². The van der Waals surface area contributed by atoms with E-state index in [1.807, 2.05) is 6.92 Å². The van der Waals surface area contributed by atoms with Crippen LogP contribution < -0.4 is 5.32 Å². The van der Waals surface area contributed by atoms with Gasteiger partial charge in [0.15, 0.2) is 0 Å². The van der Waals surface area contributed by atoms with Gasteiger partial charge in [-0.15, -0.1) is 12.3 Å². The minimum Gasteiger partial charge on any atom is -0.380 e. The van der Waals surface area contributed by atoms with Crippen LogP contribution in [0, 0.1) is 12.3 Å². The van der Waals surface area contributed by atoms with Crippen LogP contribution in [0.25, 0.3) is 0 Å². The number of hydrogen-bond acceptors (Lipinski definition) is 2. The number of ether oxygens (including phenoxy) is 1.